The molecule has 1 aliphatic carbocycles. The van der Waals surface area contributed by atoms with Crippen LogP contribution in [0.15, 0.2) is 60.7 Å². The first kappa shape index (κ1) is 19.7. The van der Waals surface area contributed by atoms with Gasteiger partial charge in [0.2, 0.25) is 0 Å². The molecular formula is C25H33NO. The maximum Gasteiger partial charge on any atom is 0.137 e. The zero-order valence-corrected chi connectivity index (χ0v) is 16.6. The summed E-state index contributed by atoms with van der Waals surface area (Å²) in [4.78, 5) is 14.4. The van der Waals surface area contributed by atoms with E-state index in [0.717, 1.165) is 31.2 Å². The van der Waals surface area contributed by atoms with Crippen molar-refractivity contribution in [2.24, 2.45) is 5.92 Å². The molecule has 2 aromatic carbocycles. The molecule has 2 saturated heterocycles. The molecule has 0 N–H and O–H groups in total. The van der Waals surface area contributed by atoms with Gasteiger partial charge in [0.1, 0.15) is 5.78 Å². The van der Waals surface area contributed by atoms with Crippen LogP contribution in [0.1, 0.15) is 57.4 Å². The van der Waals surface area contributed by atoms with Crippen molar-refractivity contribution in [2.75, 3.05) is 11.4 Å². The topological polar surface area (TPSA) is 20.3 Å². The first-order valence-corrected chi connectivity index (χ1v) is 10.6. The van der Waals surface area contributed by atoms with Crippen molar-refractivity contribution in [3.63, 3.8) is 0 Å². The first-order chi connectivity index (χ1) is 13.3. The van der Waals surface area contributed by atoms with Gasteiger partial charge in [-0.25, -0.2) is 0 Å². The van der Waals surface area contributed by atoms with Crippen LogP contribution in [0.4, 0.5) is 5.69 Å². The fourth-order valence-corrected chi connectivity index (χ4v) is 4.26. The molecule has 0 aromatic heterocycles. The number of fused-ring (bicyclic) bond motifs is 3. The van der Waals surface area contributed by atoms with Crippen LogP contribution in [0.3, 0.4) is 0 Å². The second-order valence-electron chi connectivity index (χ2n) is 7.97. The van der Waals surface area contributed by atoms with Gasteiger partial charge in [-0.05, 0) is 55.7 Å². The summed E-state index contributed by atoms with van der Waals surface area (Å²) in [6.07, 6.45) is 9.02. The van der Waals surface area contributed by atoms with E-state index >= 15 is 0 Å². The molecule has 1 saturated carbocycles. The Kier molecular flexibility index (Phi) is 7.50. The number of carbonyl (C=O) groups is 1. The lowest BCUT2D eigenvalue weighted by Gasteiger charge is -2.46. The largest absolute Gasteiger partial charge is 0.368 e. The molecule has 0 amide bonds. The van der Waals surface area contributed by atoms with Crippen LogP contribution in [0.25, 0.3) is 0 Å². The number of piperidine rings is 2. The number of hydrogen-bond donors (Lipinski definition) is 0. The highest BCUT2D eigenvalue weighted by Crippen LogP contribution is 2.37. The monoisotopic (exact) mass is 363 g/mol. The third-order valence-corrected chi connectivity index (χ3v) is 5.86. The average molecular weight is 364 g/mol. The van der Waals surface area contributed by atoms with E-state index in [9.17, 15) is 4.79 Å². The van der Waals surface area contributed by atoms with E-state index < -0.39 is 0 Å². The standard InChI is InChI=1S/C19H27NO.C6H6/c1-2-3-4-19(21)13-15-5-9-17(10-6-15)20-14-16-7-11-18(20)12-8-16;1-2-4-6-5-3-1/h5-6,9-10,16,18H,2-4,7-8,11-14H2,1H3;1-6H. The summed E-state index contributed by atoms with van der Waals surface area (Å²) in [6, 6.07) is 21.5. The predicted molar refractivity (Wildman–Crippen MR) is 114 cm³/mol. The van der Waals surface area contributed by atoms with Gasteiger partial charge in [-0.2, -0.15) is 0 Å². The normalized spacial score (nSPS) is 20.7. The number of rotatable bonds is 6. The molecule has 0 spiro atoms. The number of benzene rings is 2. The predicted octanol–water partition coefficient (Wildman–Crippen LogP) is 6.05. The molecule has 144 valence electrons. The Balaban J connectivity index is 0.000000299. The van der Waals surface area contributed by atoms with Crippen LogP contribution < -0.4 is 4.90 Å². The third-order valence-electron chi connectivity index (χ3n) is 5.86. The number of carbonyl (C=O) groups excluding carboxylic acids is 1. The van der Waals surface area contributed by atoms with E-state index in [1.54, 1.807) is 0 Å². The maximum absolute atomic E-state index is 11.9. The van der Waals surface area contributed by atoms with Gasteiger partial charge in [0.15, 0.2) is 0 Å². The summed E-state index contributed by atoms with van der Waals surface area (Å²) >= 11 is 0. The Morgan fingerprint density at radius 1 is 0.926 bits per heavy atom. The van der Waals surface area contributed by atoms with Crippen molar-refractivity contribution in [2.45, 2.75) is 64.3 Å². The van der Waals surface area contributed by atoms with Crippen molar-refractivity contribution >= 4 is 11.5 Å². The molecule has 2 heterocycles. The minimum absolute atomic E-state index is 0.377. The zero-order chi connectivity index (χ0) is 18.9. The molecule has 0 atom stereocenters. The highest BCUT2D eigenvalue weighted by molar-refractivity contribution is 5.80. The number of nitrogens with zero attached hydrogens (tertiary/aromatic N) is 1. The summed E-state index contributed by atoms with van der Waals surface area (Å²) < 4.78 is 0. The van der Waals surface area contributed by atoms with Crippen molar-refractivity contribution < 1.29 is 4.79 Å². The Morgan fingerprint density at radius 2 is 1.52 bits per heavy atom. The van der Waals surface area contributed by atoms with Gasteiger partial charge in [0.05, 0.1) is 0 Å². The molecule has 2 heteroatoms. The highest BCUT2D eigenvalue weighted by atomic mass is 16.1. The lowest BCUT2D eigenvalue weighted by Crippen LogP contribution is -2.48. The molecular weight excluding hydrogens is 330 g/mol. The molecule has 3 fully saturated rings. The van der Waals surface area contributed by atoms with Crippen LogP contribution in [0.5, 0.6) is 0 Å². The second-order valence-corrected chi connectivity index (χ2v) is 7.97. The van der Waals surface area contributed by atoms with Gasteiger partial charge in [-0.15, -0.1) is 0 Å². The van der Waals surface area contributed by atoms with Crippen molar-refractivity contribution in [1.29, 1.82) is 0 Å². The van der Waals surface area contributed by atoms with Crippen LogP contribution in [-0.4, -0.2) is 18.4 Å². The minimum atomic E-state index is 0.377. The number of unbranched alkanes of at least 4 members (excludes halogenated alkanes) is 1. The van der Waals surface area contributed by atoms with Crippen LogP contribution >= 0.6 is 0 Å². The Morgan fingerprint density at radius 3 is 2.00 bits per heavy atom. The number of hydrogen-bond acceptors (Lipinski definition) is 2. The van der Waals surface area contributed by atoms with Gasteiger partial charge in [0.25, 0.3) is 0 Å². The number of anilines is 1. The van der Waals surface area contributed by atoms with Crippen LogP contribution in [0, 0.1) is 5.92 Å². The number of Topliss-reactive ketones (excluding diaryl/α,β-unsaturated/α-hetero) is 1. The minimum Gasteiger partial charge on any atom is -0.368 e. The van der Waals surface area contributed by atoms with Gasteiger partial charge < -0.3 is 4.90 Å². The molecule has 2 bridgehead atoms. The van der Waals surface area contributed by atoms with Crippen LogP contribution in [-0.2, 0) is 11.2 Å². The summed E-state index contributed by atoms with van der Waals surface area (Å²) in [5.41, 5.74) is 2.52. The summed E-state index contributed by atoms with van der Waals surface area (Å²) in [5.74, 6) is 1.28. The lowest BCUT2D eigenvalue weighted by atomic mass is 9.79. The van der Waals surface area contributed by atoms with Gasteiger partial charge in [0, 0.05) is 31.1 Å². The maximum atomic E-state index is 11.9. The third kappa shape index (κ3) is 5.95. The Labute approximate surface area is 164 Å². The number of ketones is 1. The first-order valence-electron chi connectivity index (χ1n) is 10.6. The molecule has 3 aliphatic rings. The summed E-state index contributed by atoms with van der Waals surface area (Å²) in [6.45, 7) is 3.37. The molecule has 27 heavy (non-hydrogen) atoms. The van der Waals surface area contributed by atoms with Crippen molar-refractivity contribution in [3.05, 3.63) is 66.2 Å². The lowest BCUT2D eigenvalue weighted by molar-refractivity contribution is -0.118. The summed E-state index contributed by atoms with van der Waals surface area (Å²) in [7, 11) is 0. The van der Waals surface area contributed by atoms with Gasteiger partial charge in [-0.1, -0.05) is 61.9 Å². The zero-order valence-electron chi connectivity index (χ0n) is 16.6. The smallest absolute Gasteiger partial charge is 0.137 e. The fraction of sp³-hybridized carbons (Fsp3) is 0.480. The van der Waals surface area contributed by atoms with E-state index in [2.05, 4.69) is 36.1 Å². The molecule has 2 nitrogen and oxygen atoms in total. The molecule has 0 unspecified atom stereocenters. The van der Waals surface area contributed by atoms with E-state index in [0.29, 0.717) is 12.2 Å². The summed E-state index contributed by atoms with van der Waals surface area (Å²) in [5, 5.41) is 0. The quantitative estimate of drug-likeness (QED) is 0.622. The van der Waals surface area contributed by atoms with Crippen molar-refractivity contribution in [3.8, 4) is 0 Å². The average Bonchev–Trinajstić information content (AvgIpc) is 2.75. The van der Waals surface area contributed by atoms with E-state index in [-0.39, 0.29) is 0 Å². The molecule has 2 aromatic rings. The second kappa shape index (κ2) is 10.3. The SMILES string of the molecule is CCCCC(=O)Cc1ccc(N2CC3CCC2CC3)cc1.c1ccccc1. The molecule has 0 radical (unpaired) electrons. The molecule has 5 rings (SSSR count). The fourth-order valence-electron chi connectivity index (χ4n) is 4.26. The van der Waals surface area contributed by atoms with E-state index in [1.807, 2.05) is 36.4 Å². The van der Waals surface area contributed by atoms with E-state index in [1.165, 1.54) is 43.5 Å². The molecule has 2 aliphatic heterocycles. The van der Waals surface area contributed by atoms with Gasteiger partial charge >= 0.3 is 0 Å². The van der Waals surface area contributed by atoms with E-state index in [4.69, 9.17) is 0 Å². The highest BCUT2D eigenvalue weighted by Gasteiger charge is 2.33. The Hall–Kier alpha value is -2.09. The van der Waals surface area contributed by atoms with Gasteiger partial charge in [-0.3, -0.25) is 4.79 Å². The van der Waals surface area contributed by atoms with Crippen molar-refractivity contribution in [1.82, 2.24) is 0 Å². The Bertz CT molecular complexity index is 645. The van der Waals surface area contributed by atoms with Crippen LogP contribution in [0.2, 0.25) is 0 Å².